The van der Waals surface area contributed by atoms with Crippen LogP contribution in [0.4, 0.5) is 0 Å². The Morgan fingerprint density at radius 1 is 1.48 bits per heavy atom. The van der Waals surface area contributed by atoms with Gasteiger partial charge in [0.2, 0.25) is 5.91 Å². The molecule has 1 atom stereocenters. The lowest BCUT2D eigenvalue weighted by molar-refractivity contribution is -0.122. The molecule has 0 saturated carbocycles. The van der Waals surface area contributed by atoms with Crippen molar-refractivity contribution < 1.29 is 9.53 Å². The van der Waals surface area contributed by atoms with Gasteiger partial charge in [0.1, 0.15) is 5.75 Å². The van der Waals surface area contributed by atoms with E-state index >= 15 is 0 Å². The molecule has 1 aromatic rings. The minimum atomic E-state index is -0.388. The number of nitrogens with zero attached hydrogens (tertiary/aromatic N) is 2. The molecule has 5 nitrogen and oxygen atoms in total. The number of rotatable bonds is 7. The van der Waals surface area contributed by atoms with Crippen LogP contribution in [0.3, 0.4) is 0 Å². The summed E-state index contributed by atoms with van der Waals surface area (Å²) in [6.07, 6.45) is 9.56. The van der Waals surface area contributed by atoms with Crippen LogP contribution in [0.2, 0.25) is 0 Å². The van der Waals surface area contributed by atoms with Crippen LogP contribution in [0.25, 0.3) is 0 Å². The lowest BCUT2D eigenvalue weighted by Crippen LogP contribution is -2.28. The van der Waals surface area contributed by atoms with Gasteiger partial charge in [-0.25, -0.2) is 0 Å². The summed E-state index contributed by atoms with van der Waals surface area (Å²) in [7, 11) is 1.68. The smallest absolute Gasteiger partial charge is 0.220 e. The average Bonchev–Trinajstić information content (AvgIpc) is 3.24. The zero-order chi connectivity index (χ0) is 16.3. The predicted molar refractivity (Wildman–Crippen MR) is 87.1 cm³/mol. The van der Waals surface area contributed by atoms with E-state index in [0.29, 0.717) is 19.3 Å². The molecular weight excluding hydrogens is 290 g/mol. The molecule has 2 aliphatic rings. The molecule has 1 N–H and O–H groups in total. The first-order chi connectivity index (χ1) is 11.2. The Balaban J connectivity index is 1.54. The van der Waals surface area contributed by atoms with Crippen LogP contribution in [-0.2, 0) is 11.2 Å². The molecule has 0 radical (unpaired) electrons. The fraction of sp³-hybridized carbons (Fsp3) is 0.500. The summed E-state index contributed by atoms with van der Waals surface area (Å²) < 4.78 is 5.39. The number of terminal acetylenes is 1. The van der Waals surface area contributed by atoms with Gasteiger partial charge in [-0.3, -0.25) is 4.79 Å². The van der Waals surface area contributed by atoms with Gasteiger partial charge in [0.05, 0.1) is 13.2 Å². The van der Waals surface area contributed by atoms with Crippen molar-refractivity contribution in [2.24, 2.45) is 10.2 Å². The van der Waals surface area contributed by atoms with Crippen LogP contribution in [-0.4, -0.2) is 18.7 Å². The van der Waals surface area contributed by atoms with Crippen LogP contribution in [0.15, 0.2) is 28.4 Å². The van der Waals surface area contributed by atoms with Gasteiger partial charge in [-0.05, 0) is 30.0 Å². The zero-order valence-electron chi connectivity index (χ0n) is 13.3. The number of benzene rings is 1. The third kappa shape index (κ3) is 3.37. The summed E-state index contributed by atoms with van der Waals surface area (Å²) in [6.45, 7) is 0. The van der Waals surface area contributed by atoms with Crippen LogP contribution in [0, 0.1) is 12.3 Å². The highest BCUT2D eigenvalue weighted by atomic mass is 16.5. The van der Waals surface area contributed by atoms with E-state index in [9.17, 15) is 4.79 Å². The largest absolute Gasteiger partial charge is 0.496 e. The first-order valence-electron chi connectivity index (χ1n) is 8.00. The van der Waals surface area contributed by atoms with Gasteiger partial charge in [-0.15, -0.1) is 12.3 Å². The van der Waals surface area contributed by atoms with Gasteiger partial charge in [0, 0.05) is 25.7 Å². The summed E-state index contributed by atoms with van der Waals surface area (Å²) in [5, 5.41) is 11.3. The summed E-state index contributed by atoms with van der Waals surface area (Å²) in [5.41, 5.74) is 1.99. The molecular formula is C18H21N3O2. The maximum Gasteiger partial charge on any atom is 0.220 e. The van der Waals surface area contributed by atoms with E-state index in [0.717, 1.165) is 25.0 Å². The minimum Gasteiger partial charge on any atom is -0.496 e. The Morgan fingerprint density at radius 2 is 2.30 bits per heavy atom. The molecule has 1 aliphatic carbocycles. The molecule has 0 saturated heterocycles. The maximum absolute atomic E-state index is 12.2. The Labute approximate surface area is 136 Å². The van der Waals surface area contributed by atoms with Crippen LogP contribution in [0.1, 0.15) is 49.3 Å². The molecule has 0 aromatic heterocycles. The average molecular weight is 311 g/mol. The second-order valence-corrected chi connectivity index (χ2v) is 6.07. The topological polar surface area (TPSA) is 63.0 Å². The predicted octanol–water partition coefficient (Wildman–Crippen LogP) is 3.15. The summed E-state index contributed by atoms with van der Waals surface area (Å²) >= 11 is 0. The number of amides is 1. The van der Waals surface area contributed by atoms with Crippen molar-refractivity contribution in [2.45, 2.75) is 50.2 Å². The van der Waals surface area contributed by atoms with Crippen molar-refractivity contribution >= 4 is 5.91 Å². The molecule has 1 unspecified atom stereocenters. The standard InChI is InChI=1S/C18H21N3O2/c1-3-4-11-18(20-21-18)12-10-17(22)19-15-9-8-14-13(15)6-5-7-16(14)23-2/h1,5-7,15H,4,8-12H2,2H3,(H,19,22). The number of carbonyl (C=O) groups is 1. The van der Waals surface area contributed by atoms with E-state index in [1.807, 2.05) is 12.1 Å². The van der Waals surface area contributed by atoms with E-state index in [2.05, 4.69) is 27.5 Å². The Kier molecular flexibility index (Phi) is 4.33. The maximum atomic E-state index is 12.2. The molecule has 0 fully saturated rings. The molecule has 23 heavy (non-hydrogen) atoms. The molecule has 120 valence electrons. The van der Waals surface area contributed by atoms with E-state index in [-0.39, 0.29) is 17.6 Å². The lowest BCUT2D eigenvalue weighted by atomic mass is 10.0. The molecule has 1 amide bonds. The van der Waals surface area contributed by atoms with Crippen molar-refractivity contribution in [1.82, 2.24) is 5.32 Å². The molecule has 3 rings (SSSR count). The van der Waals surface area contributed by atoms with E-state index in [1.165, 1.54) is 11.1 Å². The monoisotopic (exact) mass is 311 g/mol. The summed E-state index contributed by atoms with van der Waals surface area (Å²) in [4.78, 5) is 12.2. The van der Waals surface area contributed by atoms with E-state index in [1.54, 1.807) is 7.11 Å². The second-order valence-electron chi connectivity index (χ2n) is 6.07. The fourth-order valence-electron chi connectivity index (χ4n) is 3.21. The minimum absolute atomic E-state index is 0.0445. The number of fused-ring (bicyclic) bond motifs is 1. The molecule has 0 bridgehead atoms. The van der Waals surface area contributed by atoms with E-state index in [4.69, 9.17) is 11.2 Å². The van der Waals surface area contributed by atoms with Gasteiger partial charge < -0.3 is 10.1 Å². The fourth-order valence-corrected chi connectivity index (χ4v) is 3.21. The van der Waals surface area contributed by atoms with E-state index < -0.39 is 0 Å². The second kappa shape index (κ2) is 6.41. The highest BCUT2D eigenvalue weighted by Crippen LogP contribution is 2.39. The van der Waals surface area contributed by atoms with Gasteiger partial charge in [0.15, 0.2) is 5.66 Å². The quantitative estimate of drug-likeness (QED) is 0.786. The molecule has 5 heteroatoms. The first kappa shape index (κ1) is 15.5. The lowest BCUT2D eigenvalue weighted by Gasteiger charge is -2.15. The number of ether oxygens (including phenoxy) is 1. The molecule has 1 aromatic carbocycles. The number of hydrogen-bond acceptors (Lipinski definition) is 4. The molecule has 0 spiro atoms. The van der Waals surface area contributed by atoms with Crippen LogP contribution >= 0.6 is 0 Å². The SMILES string of the molecule is C#CCCC1(CCC(=O)NC2CCc3c(OC)cccc32)N=N1. The normalized spacial score (nSPS) is 19.7. The third-order valence-corrected chi connectivity index (χ3v) is 4.59. The Morgan fingerprint density at radius 3 is 3.00 bits per heavy atom. The summed E-state index contributed by atoms with van der Waals surface area (Å²) in [5.74, 6) is 3.55. The van der Waals surface area contributed by atoms with Crippen molar-refractivity contribution in [3.63, 3.8) is 0 Å². The van der Waals surface area contributed by atoms with Gasteiger partial charge >= 0.3 is 0 Å². The highest BCUT2D eigenvalue weighted by Gasteiger charge is 2.39. The van der Waals surface area contributed by atoms with Crippen molar-refractivity contribution in [1.29, 1.82) is 0 Å². The number of methoxy groups -OCH3 is 1. The number of hydrogen-bond donors (Lipinski definition) is 1. The van der Waals surface area contributed by atoms with Crippen LogP contribution in [0.5, 0.6) is 5.75 Å². The third-order valence-electron chi connectivity index (χ3n) is 4.59. The highest BCUT2D eigenvalue weighted by molar-refractivity contribution is 5.77. The van der Waals surface area contributed by atoms with Gasteiger partial charge in [-0.1, -0.05) is 12.1 Å². The molecule has 1 heterocycles. The zero-order valence-corrected chi connectivity index (χ0v) is 13.3. The number of nitrogens with one attached hydrogen (secondary N) is 1. The first-order valence-corrected chi connectivity index (χ1v) is 8.00. The Hall–Kier alpha value is -2.35. The molecule has 1 aliphatic heterocycles. The van der Waals surface area contributed by atoms with Crippen molar-refractivity contribution in [3.8, 4) is 18.1 Å². The van der Waals surface area contributed by atoms with Gasteiger partial charge in [0.25, 0.3) is 0 Å². The van der Waals surface area contributed by atoms with Gasteiger partial charge in [-0.2, -0.15) is 10.2 Å². The van der Waals surface area contributed by atoms with Crippen LogP contribution < -0.4 is 10.1 Å². The summed E-state index contributed by atoms with van der Waals surface area (Å²) in [6, 6.07) is 6.07. The van der Waals surface area contributed by atoms with Crippen molar-refractivity contribution in [2.75, 3.05) is 7.11 Å². The van der Waals surface area contributed by atoms with Crippen molar-refractivity contribution in [3.05, 3.63) is 29.3 Å². The Bertz CT molecular complexity index is 669. The number of carbonyl (C=O) groups excluding carboxylic acids is 1.